The van der Waals surface area contributed by atoms with Crippen LogP contribution in [0.2, 0.25) is 0 Å². The fourth-order valence-corrected chi connectivity index (χ4v) is 2.71. The number of aromatic nitrogens is 3. The Hall–Kier alpha value is -1.88. The molecule has 0 aliphatic rings. The highest BCUT2D eigenvalue weighted by atomic mass is 35.5. The Morgan fingerprint density at radius 3 is 2.16 bits per heavy atom. The highest BCUT2D eigenvalue weighted by molar-refractivity contribution is 5.85. The van der Waals surface area contributed by atoms with E-state index < -0.39 is 0 Å². The maximum Gasteiger partial charge on any atom is 0.0702 e. The van der Waals surface area contributed by atoms with Crippen molar-refractivity contribution in [1.29, 1.82) is 0 Å². The summed E-state index contributed by atoms with van der Waals surface area (Å²) in [5, 5.41) is 4.49. The van der Waals surface area contributed by atoms with Gasteiger partial charge in [-0.25, -0.2) is 0 Å². The summed E-state index contributed by atoms with van der Waals surface area (Å²) in [7, 11) is 0. The van der Waals surface area contributed by atoms with E-state index in [9.17, 15) is 0 Å². The van der Waals surface area contributed by atoms with Crippen molar-refractivity contribution in [1.82, 2.24) is 14.8 Å². The van der Waals surface area contributed by atoms with E-state index in [4.69, 9.17) is 5.73 Å². The number of pyridine rings is 1. The molecule has 6 heteroatoms. The van der Waals surface area contributed by atoms with Gasteiger partial charge in [0, 0.05) is 17.5 Å². The Balaban J connectivity index is 0.00000156. The minimum Gasteiger partial charge on any atom is -0.330 e. The third-order valence-electron chi connectivity index (χ3n) is 3.94. The summed E-state index contributed by atoms with van der Waals surface area (Å²) in [5.74, 6) is 0. The van der Waals surface area contributed by atoms with Gasteiger partial charge in [0.25, 0.3) is 0 Å². The summed E-state index contributed by atoms with van der Waals surface area (Å²) in [6, 6.07) is 14.7. The van der Waals surface area contributed by atoms with Crippen molar-refractivity contribution < 1.29 is 0 Å². The summed E-state index contributed by atoms with van der Waals surface area (Å²) < 4.78 is 2.01. The molecule has 0 spiro atoms. The van der Waals surface area contributed by atoms with Gasteiger partial charge in [-0.15, -0.1) is 24.8 Å². The average Bonchev–Trinajstić information content (AvgIpc) is 2.87. The molecule has 0 saturated carbocycles. The number of halogens is 2. The molecule has 0 radical (unpaired) electrons. The highest BCUT2D eigenvalue weighted by Crippen LogP contribution is 2.18. The predicted octanol–water partition coefficient (Wildman–Crippen LogP) is 3.96. The van der Waals surface area contributed by atoms with Gasteiger partial charge >= 0.3 is 0 Å². The van der Waals surface area contributed by atoms with Crippen molar-refractivity contribution in [2.24, 2.45) is 5.73 Å². The molecule has 4 nitrogen and oxygen atoms in total. The van der Waals surface area contributed by atoms with Gasteiger partial charge in [-0.3, -0.25) is 9.67 Å². The first-order valence-corrected chi connectivity index (χ1v) is 7.91. The summed E-state index contributed by atoms with van der Waals surface area (Å²) in [5.41, 5.74) is 12.3. The highest BCUT2D eigenvalue weighted by Gasteiger charge is 2.04. The first-order valence-electron chi connectivity index (χ1n) is 7.91. The van der Waals surface area contributed by atoms with Crippen LogP contribution in [0.15, 0.2) is 48.7 Å². The standard InChI is InChI=1S/C19H22N4.2ClH/c1-14-11-15(2)23(22-14)13-17-5-8-19(21-12-17)18-6-3-16(4-7-18)9-10-20;;/h3-8,11-12H,9-10,13,20H2,1-2H3;2*1H. The van der Waals surface area contributed by atoms with Crippen LogP contribution in [0.25, 0.3) is 11.3 Å². The second-order valence-corrected chi connectivity index (χ2v) is 5.87. The monoisotopic (exact) mass is 378 g/mol. The van der Waals surface area contributed by atoms with Gasteiger partial charge < -0.3 is 5.73 Å². The maximum absolute atomic E-state index is 5.58. The van der Waals surface area contributed by atoms with E-state index in [0.29, 0.717) is 6.54 Å². The van der Waals surface area contributed by atoms with E-state index in [-0.39, 0.29) is 24.8 Å². The molecule has 0 fully saturated rings. The zero-order valence-corrected chi connectivity index (χ0v) is 16.1. The molecule has 0 saturated heterocycles. The Morgan fingerprint density at radius 1 is 0.960 bits per heavy atom. The van der Waals surface area contributed by atoms with Gasteiger partial charge in [0.15, 0.2) is 0 Å². The lowest BCUT2D eigenvalue weighted by Gasteiger charge is -2.07. The molecular weight excluding hydrogens is 355 g/mol. The fourth-order valence-electron chi connectivity index (χ4n) is 2.71. The van der Waals surface area contributed by atoms with Gasteiger partial charge in [-0.05, 0) is 50.1 Å². The molecule has 1 aromatic carbocycles. The van der Waals surface area contributed by atoms with Crippen LogP contribution in [-0.2, 0) is 13.0 Å². The molecule has 0 unspecified atom stereocenters. The molecule has 2 heterocycles. The van der Waals surface area contributed by atoms with Crippen LogP contribution < -0.4 is 5.73 Å². The SMILES string of the molecule is Cc1cc(C)n(Cc2ccc(-c3ccc(CCN)cc3)nc2)n1.Cl.Cl. The molecule has 2 N–H and O–H groups in total. The number of nitrogens with zero attached hydrogens (tertiary/aromatic N) is 3. The van der Waals surface area contributed by atoms with Crippen molar-refractivity contribution in [3.8, 4) is 11.3 Å². The topological polar surface area (TPSA) is 56.7 Å². The molecule has 0 bridgehead atoms. The van der Waals surface area contributed by atoms with E-state index in [2.05, 4.69) is 59.5 Å². The van der Waals surface area contributed by atoms with Gasteiger partial charge in [0.05, 0.1) is 17.9 Å². The Labute approximate surface area is 161 Å². The number of hydrogen-bond acceptors (Lipinski definition) is 3. The smallest absolute Gasteiger partial charge is 0.0702 e. The predicted molar refractivity (Wildman–Crippen MR) is 108 cm³/mol. The van der Waals surface area contributed by atoms with E-state index in [0.717, 1.165) is 35.5 Å². The lowest BCUT2D eigenvalue weighted by molar-refractivity contribution is 0.657. The molecule has 3 aromatic rings. The Bertz CT molecular complexity index is 780. The zero-order chi connectivity index (χ0) is 16.2. The number of benzene rings is 1. The molecular formula is C19H24Cl2N4. The Kier molecular flexibility index (Phi) is 8.10. The third-order valence-corrected chi connectivity index (χ3v) is 3.94. The van der Waals surface area contributed by atoms with Crippen molar-refractivity contribution >= 4 is 24.8 Å². The molecule has 3 rings (SSSR count). The second kappa shape index (κ2) is 9.56. The van der Waals surface area contributed by atoms with Crippen molar-refractivity contribution in [3.63, 3.8) is 0 Å². The summed E-state index contributed by atoms with van der Waals surface area (Å²) in [4.78, 5) is 4.59. The van der Waals surface area contributed by atoms with Gasteiger partial charge in [-0.1, -0.05) is 30.3 Å². The van der Waals surface area contributed by atoms with E-state index in [1.165, 1.54) is 11.3 Å². The largest absolute Gasteiger partial charge is 0.330 e. The van der Waals surface area contributed by atoms with Gasteiger partial charge in [-0.2, -0.15) is 5.10 Å². The lowest BCUT2D eigenvalue weighted by Crippen LogP contribution is -2.04. The molecule has 134 valence electrons. The van der Waals surface area contributed by atoms with E-state index >= 15 is 0 Å². The number of aryl methyl sites for hydroxylation is 2. The summed E-state index contributed by atoms with van der Waals surface area (Å²) in [6.07, 6.45) is 2.84. The third kappa shape index (κ3) is 5.30. The maximum atomic E-state index is 5.58. The first-order chi connectivity index (χ1) is 11.2. The molecule has 25 heavy (non-hydrogen) atoms. The number of nitrogens with two attached hydrogens (primary N) is 1. The molecule has 0 aliphatic carbocycles. The van der Waals surface area contributed by atoms with Crippen LogP contribution in [0.1, 0.15) is 22.5 Å². The Morgan fingerprint density at radius 2 is 1.64 bits per heavy atom. The molecule has 0 atom stereocenters. The number of rotatable bonds is 5. The molecule has 0 amide bonds. The zero-order valence-electron chi connectivity index (χ0n) is 14.5. The minimum atomic E-state index is 0. The first kappa shape index (κ1) is 21.2. The number of hydrogen-bond donors (Lipinski definition) is 1. The molecule has 0 aliphatic heterocycles. The van der Waals surface area contributed by atoms with Gasteiger partial charge in [0.2, 0.25) is 0 Å². The summed E-state index contributed by atoms with van der Waals surface area (Å²) >= 11 is 0. The van der Waals surface area contributed by atoms with Crippen molar-refractivity contribution in [3.05, 3.63) is 71.2 Å². The average molecular weight is 379 g/mol. The van der Waals surface area contributed by atoms with E-state index in [1.807, 2.05) is 17.8 Å². The second-order valence-electron chi connectivity index (χ2n) is 5.87. The quantitative estimate of drug-likeness (QED) is 0.730. The van der Waals surface area contributed by atoms with Crippen LogP contribution in [0, 0.1) is 13.8 Å². The van der Waals surface area contributed by atoms with Crippen LogP contribution in [0.5, 0.6) is 0 Å². The van der Waals surface area contributed by atoms with Crippen molar-refractivity contribution in [2.45, 2.75) is 26.8 Å². The van der Waals surface area contributed by atoms with Crippen LogP contribution in [0.3, 0.4) is 0 Å². The van der Waals surface area contributed by atoms with Crippen LogP contribution >= 0.6 is 24.8 Å². The van der Waals surface area contributed by atoms with Crippen LogP contribution in [0.4, 0.5) is 0 Å². The van der Waals surface area contributed by atoms with Crippen LogP contribution in [-0.4, -0.2) is 21.3 Å². The van der Waals surface area contributed by atoms with E-state index in [1.54, 1.807) is 0 Å². The normalized spacial score (nSPS) is 10.0. The van der Waals surface area contributed by atoms with Crippen molar-refractivity contribution in [2.75, 3.05) is 6.54 Å². The van der Waals surface area contributed by atoms with Gasteiger partial charge in [0.1, 0.15) is 0 Å². The minimum absolute atomic E-state index is 0. The lowest BCUT2D eigenvalue weighted by atomic mass is 10.1. The summed E-state index contributed by atoms with van der Waals surface area (Å²) in [6.45, 7) is 5.52. The fraction of sp³-hybridized carbons (Fsp3) is 0.263. The molecule has 2 aromatic heterocycles.